The van der Waals surface area contributed by atoms with Gasteiger partial charge < -0.3 is 16.8 Å². The molecule has 5 N–H and O–H groups in total. The highest BCUT2D eigenvalue weighted by atomic mass is 35.5. The Kier molecular flexibility index (Phi) is 6.68. The van der Waals surface area contributed by atoms with Crippen LogP contribution in [0.1, 0.15) is 58.8 Å². The third-order valence-corrected chi connectivity index (χ3v) is 5.83. The van der Waals surface area contributed by atoms with E-state index in [0.29, 0.717) is 24.7 Å². The van der Waals surface area contributed by atoms with Crippen molar-refractivity contribution in [1.29, 1.82) is 0 Å². The molecule has 2 atom stereocenters. The Morgan fingerprint density at radius 2 is 1.64 bits per heavy atom. The average Bonchev–Trinajstić information content (AvgIpc) is 2.44. The van der Waals surface area contributed by atoms with Crippen LogP contribution in [0.25, 0.3) is 0 Å². The molecule has 2 saturated carbocycles. The fraction of sp³-hybridized carbons (Fsp3) is 0.875. The number of halogens is 1. The predicted molar refractivity (Wildman–Crippen MR) is 89.4 cm³/mol. The Balaban J connectivity index is 0.00000242. The fourth-order valence-electron chi connectivity index (χ4n) is 4.18. The van der Waals surface area contributed by atoms with Crippen molar-refractivity contribution in [2.24, 2.45) is 29.2 Å². The van der Waals surface area contributed by atoms with Gasteiger partial charge in [0.15, 0.2) is 0 Å². The maximum absolute atomic E-state index is 12.6. The summed E-state index contributed by atoms with van der Waals surface area (Å²) < 4.78 is 0. The molecule has 0 aromatic heterocycles. The van der Waals surface area contributed by atoms with Crippen LogP contribution in [0.3, 0.4) is 0 Å². The monoisotopic (exact) mass is 331 g/mol. The topological polar surface area (TPSA) is 98.2 Å². The number of fused-ring (bicyclic) bond motifs is 2. The molecule has 6 heteroatoms. The summed E-state index contributed by atoms with van der Waals surface area (Å²) in [6.07, 6.45) is 6.26. The lowest BCUT2D eigenvalue weighted by Crippen LogP contribution is -2.59. The van der Waals surface area contributed by atoms with E-state index in [9.17, 15) is 9.59 Å². The number of nitrogens with two attached hydrogens (primary N) is 2. The van der Waals surface area contributed by atoms with E-state index < -0.39 is 11.4 Å². The summed E-state index contributed by atoms with van der Waals surface area (Å²) in [5.74, 6) is 0.450. The smallest absolute Gasteiger partial charge is 0.243 e. The third kappa shape index (κ3) is 3.57. The first-order valence-corrected chi connectivity index (χ1v) is 8.31. The molecule has 0 spiro atoms. The molecule has 2 unspecified atom stereocenters. The number of carbonyl (C=O) groups is 2. The first-order chi connectivity index (χ1) is 9.93. The van der Waals surface area contributed by atoms with Gasteiger partial charge in [0.1, 0.15) is 5.54 Å². The van der Waals surface area contributed by atoms with E-state index in [1.165, 1.54) is 6.42 Å². The zero-order chi connectivity index (χ0) is 15.6. The third-order valence-electron chi connectivity index (χ3n) is 5.83. The standard InChI is InChI=1S/C16H29N3O2.ClH/c1-3-16(4-2,15(18)21)19-14(20)12-8-10-6-5-7-11(9-12)13(10)17;/h10-13H,3-9,17H2,1-2H3,(H2,18,21)(H,19,20);1H. The Morgan fingerprint density at radius 1 is 1.14 bits per heavy atom. The highest BCUT2D eigenvalue weighted by Gasteiger charge is 2.43. The zero-order valence-corrected chi connectivity index (χ0v) is 14.5. The quantitative estimate of drug-likeness (QED) is 0.715. The van der Waals surface area contributed by atoms with Crippen LogP contribution in [-0.4, -0.2) is 23.4 Å². The average molecular weight is 332 g/mol. The number of hydrogen-bond donors (Lipinski definition) is 3. The van der Waals surface area contributed by atoms with E-state index in [1.807, 2.05) is 13.8 Å². The van der Waals surface area contributed by atoms with Crippen LogP contribution in [0.2, 0.25) is 0 Å². The van der Waals surface area contributed by atoms with Gasteiger partial charge in [-0.2, -0.15) is 0 Å². The van der Waals surface area contributed by atoms with Gasteiger partial charge in [-0.3, -0.25) is 9.59 Å². The second-order valence-electron chi connectivity index (χ2n) is 6.84. The second-order valence-corrected chi connectivity index (χ2v) is 6.84. The number of hydrogen-bond acceptors (Lipinski definition) is 3. The van der Waals surface area contributed by atoms with E-state index in [2.05, 4.69) is 5.32 Å². The van der Waals surface area contributed by atoms with Gasteiger partial charge >= 0.3 is 0 Å². The van der Waals surface area contributed by atoms with Crippen molar-refractivity contribution in [1.82, 2.24) is 5.32 Å². The normalized spacial score (nSPS) is 31.0. The van der Waals surface area contributed by atoms with Crippen LogP contribution in [0.5, 0.6) is 0 Å². The molecule has 2 bridgehead atoms. The summed E-state index contributed by atoms with van der Waals surface area (Å²) in [5, 5.41) is 2.95. The maximum atomic E-state index is 12.6. The summed E-state index contributed by atoms with van der Waals surface area (Å²) in [4.78, 5) is 24.4. The molecule has 0 radical (unpaired) electrons. The van der Waals surface area contributed by atoms with Crippen molar-refractivity contribution < 1.29 is 9.59 Å². The van der Waals surface area contributed by atoms with E-state index in [0.717, 1.165) is 25.7 Å². The van der Waals surface area contributed by atoms with Gasteiger partial charge in [0, 0.05) is 12.0 Å². The fourth-order valence-corrected chi connectivity index (χ4v) is 4.18. The molecule has 2 aliphatic carbocycles. The Bertz CT molecular complexity index is 398. The molecule has 2 fully saturated rings. The minimum atomic E-state index is -0.897. The molecule has 128 valence electrons. The Labute approximate surface area is 139 Å². The van der Waals surface area contributed by atoms with Gasteiger partial charge in [-0.15, -0.1) is 12.4 Å². The summed E-state index contributed by atoms with van der Waals surface area (Å²) >= 11 is 0. The molecule has 0 saturated heterocycles. The van der Waals surface area contributed by atoms with E-state index >= 15 is 0 Å². The molecule has 5 nitrogen and oxygen atoms in total. The van der Waals surface area contributed by atoms with Gasteiger partial charge in [-0.1, -0.05) is 20.3 Å². The maximum Gasteiger partial charge on any atom is 0.243 e. The van der Waals surface area contributed by atoms with Crippen LogP contribution in [-0.2, 0) is 9.59 Å². The number of primary amides is 1. The minimum Gasteiger partial charge on any atom is -0.368 e. The first kappa shape index (κ1) is 19.2. The van der Waals surface area contributed by atoms with Gasteiger partial charge in [-0.05, 0) is 50.4 Å². The van der Waals surface area contributed by atoms with Crippen LogP contribution in [0.15, 0.2) is 0 Å². The SMILES string of the molecule is CCC(CC)(NC(=O)C1CC2CCCC(C1)C2N)C(N)=O.Cl. The molecule has 2 aliphatic rings. The van der Waals surface area contributed by atoms with Crippen molar-refractivity contribution >= 4 is 24.2 Å². The van der Waals surface area contributed by atoms with Gasteiger partial charge in [0.05, 0.1) is 0 Å². The van der Waals surface area contributed by atoms with E-state index in [-0.39, 0.29) is 30.3 Å². The van der Waals surface area contributed by atoms with Crippen molar-refractivity contribution in [3.05, 3.63) is 0 Å². The van der Waals surface area contributed by atoms with E-state index in [1.54, 1.807) is 0 Å². The zero-order valence-electron chi connectivity index (χ0n) is 13.6. The molecule has 0 aromatic rings. The molecule has 0 heterocycles. The summed E-state index contributed by atoms with van der Waals surface area (Å²) in [6.45, 7) is 3.78. The molecular formula is C16H30ClN3O2. The Morgan fingerprint density at radius 3 is 2.05 bits per heavy atom. The number of nitrogens with one attached hydrogen (secondary N) is 1. The number of rotatable bonds is 5. The van der Waals surface area contributed by atoms with Crippen molar-refractivity contribution in [3.63, 3.8) is 0 Å². The number of carbonyl (C=O) groups excluding carboxylic acids is 2. The highest BCUT2D eigenvalue weighted by Crippen LogP contribution is 2.42. The molecule has 0 aromatic carbocycles. The lowest BCUT2D eigenvalue weighted by molar-refractivity contribution is -0.136. The lowest BCUT2D eigenvalue weighted by atomic mass is 9.65. The predicted octanol–water partition coefficient (Wildman–Crippen LogP) is 1.72. The Hall–Kier alpha value is -0.810. The molecule has 0 aliphatic heterocycles. The second kappa shape index (κ2) is 7.64. The summed E-state index contributed by atoms with van der Waals surface area (Å²) in [7, 11) is 0. The molecular weight excluding hydrogens is 302 g/mol. The highest BCUT2D eigenvalue weighted by molar-refractivity contribution is 5.91. The number of amides is 2. The van der Waals surface area contributed by atoms with Gasteiger partial charge in [-0.25, -0.2) is 0 Å². The van der Waals surface area contributed by atoms with Crippen LogP contribution < -0.4 is 16.8 Å². The summed E-state index contributed by atoms with van der Waals surface area (Å²) in [5.41, 5.74) is 10.9. The molecule has 22 heavy (non-hydrogen) atoms. The van der Waals surface area contributed by atoms with Crippen LogP contribution >= 0.6 is 12.4 Å². The molecule has 2 rings (SSSR count). The van der Waals surface area contributed by atoms with Crippen LogP contribution in [0, 0.1) is 17.8 Å². The van der Waals surface area contributed by atoms with E-state index in [4.69, 9.17) is 11.5 Å². The van der Waals surface area contributed by atoms with Crippen molar-refractivity contribution in [2.75, 3.05) is 0 Å². The van der Waals surface area contributed by atoms with Gasteiger partial charge in [0.25, 0.3) is 0 Å². The lowest BCUT2D eigenvalue weighted by Gasteiger charge is -2.44. The molecule has 2 amide bonds. The van der Waals surface area contributed by atoms with Crippen molar-refractivity contribution in [3.8, 4) is 0 Å². The summed E-state index contributed by atoms with van der Waals surface area (Å²) in [6, 6.07) is 0.251. The minimum absolute atomic E-state index is 0. The van der Waals surface area contributed by atoms with Crippen LogP contribution in [0.4, 0.5) is 0 Å². The van der Waals surface area contributed by atoms with Crippen molar-refractivity contribution in [2.45, 2.75) is 70.4 Å². The largest absolute Gasteiger partial charge is 0.368 e. The first-order valence-electron chi connectivity index (χ1n) is 8.31. The van der Waals surface area contributed by atoms with Gasteiger partial charge in [0.2, 0.25) is 11.8 Å².